The van der Waals surface area contributed by atoms with Crippen LogP contribution in [0.2, 0.25) is 0 Å². The summed E-state index contributed by atoms with van der Waals surface area (Å²) in [6.45, 7) is 2.52. The molecule has 0 aliphatic carbocycles. The van der Waals surface area contributed by atoms with Crippen molar-refractivity contribution in [1.29, 1.82) is 0 Å². The monoisotopic (exact) mass is 265 g/mol. The van der Waals surface area contributed by atoms with E-state index in [0.717, 1.165) is 5.56 Å². The van der Waals surface area contributed by atoms with Gasteiger partial charge in [-0.2, -0.15) is 4.98 Å². The Kier molecular flexibility index (Phi) is 4.46. The third-order valence-corrected chi connectivity index (χ3v) is 2.55. The van der Waals surface area contributed by atoms with Crippen LogP contribution in [-0.4, -0.2) is 16.7 Å². The largest absolute Gasteiger partial charge is 0.484 e. The van der Waals surface area contributed by atoms with Crippen molar-refractivity contribution in [2.45, 2.75) is 26.4 Å². The van der Waals surface area contributed by atoms with Gasteiger partial charge >= 0.3 is 0 Å². The molecule has 2 N–H and O–H groups in total. The minimum absolute atomic E-state index is 0.124. The van der Waals surface area contributed by atoms with Crippen LogP contribution in [0.25, 0.3) is 0 Å². The molecule has 0 aliphatic heterocycles. The summed E-state index contributed by atoms with van der Waals surface area (Å²) in [7, 11) is 0. The molecule has 102 valence electrons. The van der Waals surface area contributed by atoms with Gasteiger partial charge in [-0.25, -0.2) is 4.39 Å². The van der Waals surface area contributed by atoms with E-state index in [4.69, 9.17) is 15.0 Å². The van der Waals surface area contributed by atoms with Gasteiger partial charge < -0.3 is 15.0 Å². The molecule has 19 heavy (non-hydrogen) atoms. The van der Waals surface area contributed by atoms with E-state index < -0.39 is 0 Å². The first kappa shape index (κ1) is 13.5. The summed E-state index contributed by atoms with van der Waals surface area (Å²) < 4.78 is 23.8. The summed E-state index contributed by atoms with van der Waals surface area (Å²) in [6.07, 6.45) is 1.30. The van der Waals surface area contributed by atoms with Crippen LogP contribution >= 0.6 is 0 Å². The van der Waals surface area contributed by atoms with Crippen LogP contribution in [0, 0.1) is 5.82 Å². The lowest BCUT2D eigenvalue weighted by molar-refractivity contribution is 0.241. The van der Waals surface area contributed by atoms with Gasteiger partial charge in [-0.3, -0.25) is 0 Å². The average molecular weight is 265 g/mol. The minimum Gasteiger partial charge on any atom is -0.484 e. The van der Waals surface area contributed by atoms with Crippen molar-refractivity contribution in [3.8, 4) is 5.75 Å². The Hall–Kier alpha value is -1.95. The summed E-state index contributed by atoms with van der Waals surface area (Å²) in [6, 6.07) is 4.52. The number of ether oxygens (including phenoxy) is 1. The van der Waals surface area contributed by atoms with Gasteiger partial charge in [-0.15, -0.1) is 0 Å². The van der Waals surface area contributed by atoms with Crippen LogP contribution < -0.4 is 10.5 Å². The Morgan fingerprint density at radius 3 is 2.89 bits per heavy atom. The SMILES string of the molecule is CCc1noc(COc2cc(F)cc(CCN)c2)n1. The molecular formula is C13H16FN3O2. The van der Waals surface area contributed by atoms with Gasteiger partial charge in [-0.1, -0.05) is 12.1 Å². The zero-order valence-electron chi connectivity index (χ0n) is 10.7. The van der Waals surface area contributed by atoms with Crippen molar-refractivity contribution in [1.82, 2.24) is 10.1 Å². The Morgan fingerprint density at radius 1 is 1.37 bits per heavy atom. The Morgan fingerprint density at radius 2 is 2.21 bits per heavy atom. The number of halogens is 1. The molecule has 0 spiro atoms. The maximum Gasteiger partial charge on any atom is 0.264 e. The second-order valence-electron chi connectivity index (χ2n) is 4.08. The zero-order valence-corrected chi connectivity index (χ0v) is 10.7. The number of nitrogens with zero attached hydrogens (tertiary/aromatic N) is 2. The summed E-state index contributed by atoms with van der Waals surface area (Å²) in [4.78, 5) is 4.11. The van der Waals surface area contributed by atoms with Gasteiger partial charge in [-0.05, 0) is 30.7 Å². The first-order valence-corrected chi connectivity index (χ1v) is 6.15. The molecule has 0 fully saturated rings. The van der Waals surface area contributed by atoms with Crippen molar-refractivity contribution >= 4 is 0 Å². The van der Waals surface area contributed by atoms with E-state index in [2.05, 4.69) is 10.1 Å². The average Bonchev–Trinajstić information content (AvgIpc) is 2.84. The smallest absolute Gasteiger partial charge is 0.264 e. The molecule has 0 radical (unpaired) electrons. The van der Waals surface area contributed by atoms with Crippen molar-refractivity contribution < 1.29 is 13.7 Å². The fourth-order valence-corrected chi connectivity index (χ4v) is 1.65. The van der Waals surface area contributed by atoms with Gasteiger partial charge in [0.05, 0.1) is 0 Å². The van der Waals surface area contributed by atoms with Gasteiger partial charge in [0.1, 0.15) is 11.6 Å². The van der Waals surface area contributed by atoms with Crippen LogP contribution in [0.3, 0.4) is 0 Å². The normalized spacial score (nSPS) is 10.7. The molecule has 0 saturated carbocycles. The minimum atomic E-state index is -0.347. The quantitative estimate of drug-likeness (QED) is 0.862. The van der Waals surface area contributed by atoms with E-state index in [1.54, 1.807) is 6.07 Å². The summed E-state index contributed by atoms with van der Waals surface area (Å²) in [5.74, 6) is 1.09. The third kappa shape index (κ3) is 3.75. The van der Waals surface area contributed by atoms with Crippen LogP contribution in [0.1, 0.15) is 24.2 Å². The zero-order chi connectivity index (χ0) is 13.7. The first-order chi connectivity index (χ1) is 9.21. The van der Waals surface area contributed by atoms with Crippen LogP contribution in [0.4, 0.5) is 4.39 Å². The lowest BCUT2D eigenvalue weighted by atomic mass is 10.1. The molecule has 0 bridgehead atoms. The second kappa shape index (κ2) is 6.29. The van der Waals surface area contributed by atoms with E-state index >= 15 is 0 Å². The van der Waals surface area contributed by atoms with E-state index in [1.165, 1.54) is 12.1 Å². The number of aromatic nitrogens is 2. The van der Waals surface area contributed by atoms with E-state index in [-0.39, 0.29) is 12.4 Å². The van der Waals surface area contributed by atoms with Crippen molar-refractivity contribution in [2.75, 3.05) is 6.54 Å². The summed E-state index contributed by atoms with van der Waals surface area (Å²) in [5.41, 5.74) is 6.25. The van der Waals surface area contributed by atoms with Crippen molar-refractivity contribution in [3.05, 3.63) is 41.3 Å². The van der Waals surface area contributed by atoms with Crippen LogP contribution in [0.5, 0.6) is 5.75 Å². The molecule has 2 rings (SSSR count). The predicted molar refractivity (Wildman–Crippen MR) is 67.2 cm³/mol. The topological polar surface area (TPSA) is 74.2 Å². The molecular weight excluding hydrogens is 249 g/mol. The highest BCUT2D eigenvalue weighted by molar-refractivity contribution is 5.29. The fourth-order valence-electron chi connectivity index (χ4n) is 1.65. The first-order valence-electron chi connectivity index (χ1n) is 6.15. The molecule has 0 aliphatic rings. The number of benzene rings is 1. The standard InChI is InChI=1S/C13H16FN3O2/c1-2-12-16-13(19-17-12)8-18-11-6-9(3-4-15)5-10(14)7-11/h5-7H,2-4,8,15H2,1H3. The van der Waals surface area contributed by atoms with E-state index in [9.17, 15) is 4.39 Å². The molecule has 1 aromatic heterocycles. The maximum atomic E-state index is 13.4. The Balaban J connectivity index is 2.02. The predicted octanol–water partition coefficient (Wildman–Crippen LogP) is 1.85. The lowest BCUT2D eigenvalue weighted by Gasteiger charge is -2.06. The van der Waals surface area contributed by atoms with Crippen molar-refractivity contribution in [2.24, 2.45) is 5.73 Å². The highest BCUT2D eigenvalue weighted by atomic mass is 19.1. The molecule has 5 nitrogen and oxygen atoms in total. The van der Waals surface area contributed by atoms with Crippen LogP contribution in [-0.2, 0) is 19.4 Å². The molecule has 1 heterocycles. The molecule has 2 aromatic rings. The van der Waals surface area contributed by atoms with E-state index in [1.807, 2.05) is 6.92 Å². The summed E-state index contributed by atoms with van der Waals surface area (Å²) in [5, 5.41) is 3.75. The second-order valence-corrected chi connectivity index (χ2v) is 4.08. The van der Waals surface area contributed by atoms with Gasteiger partial charge in [0, 0.05) is 12.5 Å². The van der Waals surface area contributed by atoms with Crippen molar-refractivity contribution in [3.63, 3.8) is 0 Å². The third-order valence-electron chi connectivity index (χ3n) is 2.55. The number of hydrogen-bond acceptors (Lipinski definition) is 5. The molecule has 1 aromatic carbocycles. The number of nitrogens with two attached hydrogens (primary N) is 1. The van der Waals surface area contributed by atoms with Crippen LogP contribution in [0.15, 0.2) is 22.7 Å². The number of aryl methyl sites for hydroxylation is 1. The van der Waals surface area contributed by atoms with E-state index in [0.29, 0.717) is 36.9 Å². The Labute approximate surface area is 110 Å². The highest BCUT2D eigenvalue weighted by Gasteiger charge is 2.07. The number of rotatable bonds is 6. The molecule has 0 atom stereocenters. The molecule has 0 saturated heterocycles. The number of hydrogen-bond donors (Lipinski definition) is 1. The molecule has 6 heteroatoms. The highest BCUT2D eigenvalue weighted by Crippen LogP contribution is 2.18. The molecule has 0 unspecified atom stereocenters. The molecule has 0 amide bonds. The van der Waals surface area contributed by atoms with Gasteiger partial charge in [0.25, 0.3) is 5.89 Å². The Bertz CT molecular complexity index is 542. The summed E-state index contributed by atoms with van der Waals surface area (Å²) >= 11 is 0. The lowest BCUT2D eigenvalue weighted by Crippen LogP contribution is -2.04. The maximum absolute atomic E-state index is 13.4. The van der Waals surface area contributed by atoms with Gasteiger partial charge in [0.2, 0.25) is 0 Å². The van der Waals surface area contributed by atoms with Gasteiger partial charge in [0.15, 0.2) is 12.4 Å². The fraction of sp³-hybridized carbons (Fsp3) is 0.385.